The number of hydrogen-bond acceptors (Lipinski definition) is 4. The molecule has 0 aliphatic heterocycles. The smallest absolute Gasteiger partial charge is 0.763 e. The molecule has 0 aromatic rings. The predicted molar refractivity (Wildman–Crippen MR) is 17.8 cm³/mol. The van der Waals surface area contributed by atoms with Crippen LogP contribution in [0.15, 0.2) is 0 Å². The molecule has 0 heterocycles. The van der Waals surface area contributed by atoms with Gasteiger partial charge in [-0.3, -0.25) is 8.42 Å². The summed E-state index contributed by atoms with van der Waals surface area (Å²) in [7, 11) is -5.90. The first-order valence-corrected chi connectivity index (χ1v) is 3.50. The van der Waals surface area contributed by atoms with Gasteiger partial charge in [0.2, 0.25) is 0 Å². The zero-order chi connectivity index (χ0) is 5.15. The summed E-state index contributed by atoms with van der Waals surface area (Å²) in [6.07, 6.45) is 0. The Morgan fingerprint density at radius 2 is 1.12 bits per heavy atom. The fraction of sp³-hybridized carbons (Fsp3) is 0. The van der Waals surface area contributed by atoms with E-state index in [1.165, 1.54) is 0 Å². The Hall–Kier alpha value is 3.03. The molecule has 0 amide bonds. The average molecular weight is 237 g/mol. The molecule has 38 valence electrons. The van der Waals surface area contributed by atoms with Crippen LogP contribution in [-0.4, -0.2) is 17.5 Å². The zero-order valence-corrected chi connectivity index (χ0v) is 13.0. The van der Waals surface area contributed by atoms with E-state index in [2.05, 4.69) is 0 Å². The molecule has 0 fully saturated rings. The Morgan fingerprint density at radius 1 is 1.00 bits per heavy atom. The van der Waals surface area contributed by atoms with Crippen molar-refractivity contribution in [2.45, 2.75) is 0 Å². The van der Waals surface area contributed by atoms with Crippen molar-refractivity contribution in [3.63, 3.8) is 0 Å². The molecule has 0 aromatic carbocycles. The third-order valence-electron chi connectivity index (χ3n) is 0.111. The minimum absolute atomic E-state index is 0. The zero-order valence-electron chi connectivity index (χ0n) is 4.45. The Bertz CT molecular complexity index is 80.0. The van der Waals surface area contributed by atoms with Crippen LogP contribution in [-0.2, 0) is 20.2 Å². The molecule has 0 aliphatic rings. The monoisotopic (exact) mass is 236 g/mol. The van der Waals surface area contributed by atoms with Crippen LogP contribution in [0.4, 0.5) is 0 Å². The van der Waals surface area contributed by atoms with Crippen molar-refractivity contribution in [3.05, 3.63) is 0 Å². The molecule has 0 aromatic heterocycles. The van der Waals surface area contributed by atoms with E-state index in [4.69, 9.17) is 17.5 Å². The van der Waals surface area contributed by atoms with Crippen molar-refractivity contribution in [2.24, 2.45) is 0 Å². The van der Waals surface area contributed by atoms with Gasteiger partial charge in [-0.25, -0.2) is 0 Å². The maximum atomic E-state index is 9.09. The summed E-state index contributed by atoms with van der Waals surface area (Å²) in [6.45, 7) is 0. The largest absolute Gasteiger partial charge is 1.00 e. The van der Waals surface area contributed by atoms with E-state index in [-0.39, 0.29) is 87.7 Å². The second-order valence-corrected chi connectivity index (χ2v) is 2.86. The van der Waals surface area contributed by atoms with Gasteiger partial charge < -0.3 is 9.11 Å². The van der Waals surface area contributed by atoms with Crippen LogP contribution >= 0.6 is 0 Å². The Labute approximate surface area is 122 Å². The first-order chi connectivity index (χ1) is 2.64. The fourth-order valence-corrected chi connectivity index (χ4v) is 0. The van der Waals surface area contributed by atoms with Crippen LogP contribution in [0.25, 0.3) is 0 Å². The summed E-state index contributed by atoms with van der Waals surface area (Å²) < 4.78 is 36.3. The predicted octanol–water partition coefficient (Wildman–Crippen LogP) is -7.33. The van der Waals surface area contributed by atoms with E-state index in [0.29, 0.717) is 0 Å². The average Bonchev–Trinajstić information content (AvgIpc) is 1.36. The molecule has 0 spiro atoms. The van der Waals surface area contributed by atoms with Crippen LogP contribution in [0.1, 0.15) is 0 Å². The van der Waals surface area contributed by atoms with Crippen molar-refractivity contribution in [1.29, 1.82) is 0 Å². The first kappa shape index (κ1) is 17.2. The van der Waals surface area contributed by atoms with Gasteiger partial charge in [0, 0.05) is 20.2 Å². The normalized spacial score (nSPS) is 14.8. The van der Waals surface area contributed by atoms with E-state index >= 15 is 0 Å². The molecule has 0 saturated heterocycles. The van der Waals surface area contributed by atoms with Gasteiger partial charge in [-0.2, -0.15) is 0 Å². The van der Waals surface area contributed by atoms with Gasteiger partial charge in [-0.05, 0) is 0 Å². The molecule has 8 heteroatoms. The maximum absolute atomic E-state index is 9.09. The molecular weight excluding hydrogens is 237 g/mol. The standard InChI is InChI=1S/Na.H2O4S2.Rb/c;1-5(2)6(3)4;/h;(H,1,2)(H,3,4);/q+1;;+1/p-2. The van der Waals surface area contributed by atoms with Crippen molar-refractivity contribution >= 4 is 20.2 Å². The molecule has 8 heavy (non-hydrogen) atoms. The Kier molecular flexibility index (Phi) is 21.6. The van der Waals surface area contributed by atoms with E-state index in [9.17, 15) is 0 Å². The summed E-state index contributed by atoms with van der Waals surface area (Å²) in [6, 6.07) is 0. The fourth-order valence-electron chi connectivity index (χ4n) is 0. The molecule has 2 unspecified atom stereocenters. The van der Waals surface area contributed by atoms with Crippen molar-refractivity contribution < 1.29 is 105 Å². The second kappa shape index (κ2) is 10.0. The van der Waals surface area contributed by atoms with Gasteiger partial charge in [0.1, 0.15) is 0 Å². The Morgan fingerprint density at radius 3 is 1.12 bits per heavy atom. The third-order valence-corrected chi connectivity index (χ3v) is 1.00. The second-order valence-electron chi connectivity index (χ2n) is 0.408. The van der Waals surface area contributed by atoms with Gasteiger partial charge in [0.25, 0.3) is 0 Å². The molecule has 0 bridgehead atoms. The number of rotatable bonds is 1. The minimum Gasteiger partial charge on any atom is -0.763 e. The van der Waals surface area contributed by atoms with E-state index in [1.54, 1.807) is 0 Å². The maximum Gasteiger partial charge on any atom is 1.00 e. The van der Waals surface area contributed by atoms with E-state index < -0.39 is 20.2 Å². The van der Waals surface area contributed by atoms with Crippen LogP contribution in [0.3, 0.4) is 0 Å². The van der Waals surface area contributed by atoms with Gasteiger partial charge in [0.05, 0.1) is 0 Å². The molecule has 0 N–H and O–H groups in total. The van der Waals surface area contributed by atoms with Gasteiger partial charge in [-0.15, -0.1) is 0 Å². The molecule has 4 nitrogen and oxygen atoms in total. The van der Waals surface area contributed by atoms with Crippen molar-refractivity contribution in [2.75, 3.05) is 0 Å². The van der Waals surface area contributed by atoms with Crippen LogP contribution in [0.5, 0.6) is 0 Å². The van der Waals surface area contributed by atoms with Crippen molar-refractivity contribution in [3.8, 4) is 0 Å². The molecule has 2 atom stereocenters. The summed E-state index contributed by atoms with van der Waals surface area (Å²) in [5.74, 6) is 0. The molecule has 0 saturated carbocycles. The van der Waals surface area contributed by atoms with Crippen LogP contribution < -0.4 is 87.7 Å². The topological polar surface area (TPSA) is 80.3 Å². The van der Waals surface area contributed by atoms with Crippen LogP contribution in [0, 0.1) is 0 Å². The molecular formula is NaO4RbS2. The molecule has 0 aliphatic carbocycles. The van der Waals surface area contributed by atoms with E-state index in [0.717, 1.165) is 0 Å². The molecule has 0 radical (unpaired) electrons. The van der Waals surface area contributed by atoms with Gasteiger partial charge in [-0.1, -0.05) is 0 Å². The summed E-state index contributed by atoms with van der Waals surface area (Å²) in [5, 5.41) is 0. The minimum atomic E-state index is -2.95. The van der Waals surface area contributed by atoms with E-state index in [1.807, 2.05) is 0 Å². The summed E-state index contributed by atoms with van der Waals surface area (Å²) in [4.78, 5) is 0. The first-order valence-electron chi connectivity index (χ1n) is 0.833. The van der Waals surface area contributed by atoms with Gasteiger partial charge in [0.15, 0.2) is 0 Å². The quantitative estimate of drug-likeness (QED) is 0.257. The van der Waals surface area contributed by atoms with Crippen LogP contribution in [0.2, 0.25) is 0 Å². The Balaban J connectivity index is -0.000000125. The SMILES string of the molecule is O=S([O-])S(=O)[O-].[Na+].[Rb+]. The van der Waals surface area contributed by atoms with Crippen molar-refractivity contribution in [1.82, 2.24) is 0 Å². The molecule has 0 rings (SSSR count). The summed E-state index contributed by atoms with van der Waals surface area (Å²) >= 11 is 0. The van der Waals surface area contributed by atoms with Gasteiger partial charge >= 0.3 is 87.7 Å². The number of hydrogen-bond donors (Lipinski definition) is 0. The summed E-state index contributed by atoms with van der Waals surface area (Å²) in [5.41, 5.74) is 0. The third kappa shape index (κ3) is 11.8.